The SMILES string of the molecule is NC(c1ccc[nH]1)c1ncccc1F. The molecule has 4 heteroatoms. The van der Waals surface area contributed by atoms with Gasteiger partial charge in [-0.15, -0.1) is 0 Å². The van der Waals surface area contributed by atoms with Gasteiger partial charge in [-0.05, 0) is 24.3 Å². The van der Waals surface area contributed by atoms with E-state index < -0.39 is 6.04 Å². The Balaban J connectivity index is 2.37. The van der Waals surface area contributed by atoms with E-state index in [1.165, 1.54) is 12.3 Å². The van der Waals surface area contributed by atoms with E-state index in [2.05, 4.69) is 9.97 Å². The number of hydrogen-bond acceptors (Lipinski definition) is 2. The first-order valence-corrected chi connectivity index (χ1v) is 4.28. The van der Waals surface area contributed by atoms with Crippen molar-refractivity contribution in [2.24, 2.45) is 5.73 Å². The first-order valence-electron chi connectivity index (χ1n) is 4.28. The van der Waals surface area contributed by atoms with Crippen LogP contribution in [0.2, 0.25) is 0 Å². The number of nitrogens with one attached hydrogen (secondary N) is 1. The Morgan fingerprint density at radius 3 is 2.86 bits per heavy atom. The molecule has 1 atom stereocenters. The third-order valence-corrected chi connectivity index (χ3v) is 2.04. The summed E-state index contributed by atoms with van der Waals surface area (Å²) in [7, 11) is 0. The second-order valence-electron chi connectivity index (χ2n) is 2.97. The van der Waals surface area contributed by atoms with E-state index in [0.29, 0.717) is 0 Å². The van der Waals surface area contributed by atoms with Gasteiger partial charge in [0.05, 0.1) is 11.7 Å². The van der Waals surface area contributed by atoms with E-state index in [1.54, 1.807) is 18.3 Å². The highest BCUT2D eigenvalue weighted by Crippen LogP contribution is 2.17. The minimum atomic E-state index is -0.536. The summed E-state index contributed by atoms with van der Waals surface area (Å²) < 4.78 is 13.3. The smallest absolute Gasteiger partial charge is 0.146 e. The molecule has 72 valence electrons. The molecule has 0 saturated heterocycles. The summed E-state index contributed by atoms with van der Waals surface area (Å²) in [4.78, 5) is 6.85. The van der Waals surface area contributed by atoms with Crippen LogP contribution in [0, 0.1) is 5.82 Å². The predicted octanol–water partition coefficient (Wildman–Crippen LogP) is 1.60. The minimum absolute atomic E-state index is 0.259. The van der Waals surface area contributed by atoms with Gasteiger partial charge in [0.2, 0.25) is 0 Å². The number of aromatic amines is 1. The second kappa shape index (κ2) is 3.59. The largest absolute Gasteiger partial charge is 0.363 e. The molecule has 3 nitrogen and oxygen atoms in total. The van der Waals surface area contributed by atoms with Crippen molar-refractivity contribution in [2.75, 3.05) is 0 Å². The highest BCUT2D eigenvalue weighted by molar-refractivity contribution is 5.22. The molecule has 0 aromatic carbocycles. The summed E-state index contributed by atoms with van der Waals surface area (Å²) in [5, 5.41) is 0. The Hall–Kier alpha value is -1.68. The minimum Gasteiger partial charge on any atom is -0.363 e. The molecule has 0 spiro atoms. The zero-order valence-electron chi connectivity index (χ0n) is 7.44. The molecule has 0 fully saturated rings. The van der Waals surface area contributed by atoms with Crippen LogP contribution in [0.4, 0.5) is 4.39 Å². The van der Waals surface area contributed by atoms with Crippen LogP contribution >= 0.6 is 0 Å². The van der Waals surface area contributed by atoms with Crippen LogP contribution in [0.5, 0.6) is 0 Å². The average molecular weight is 191 g/mol. The topological polar surface area (TPSA) is 54.7 Å². The highest BCUT2D eigenvalue weighted by Gasteiger charge is 2.14. The Labute approximate surface area is 80.8 Å². The van der Waals surface area contributed by atoms with Crippen molar-refractivity contribution in [1.29, 1.82) is 0 Å². The van der Waals surface area contributed by atoms with Gasteiger partial charge < -0.3 is 10.7 Å². The molecule has 2 heterocycles. The van der Waals surface area contributed by atoms with Crippen molar-refractivity contribution in [2.45, 2.75) is 6.04 Å². The zero-order valence-corrected chi connectivity index (χ0v) is 7.44. The Kier molecular flexibility index (Phi) is 2.28. The van der Waals surface area contributed by atoms with Gasteiger partial charge >= 0.3 is 0 Å². The Bertz CT molecular complexity index is 411. The first-order chi connectivity index (χ1) is 6.79. The van der Waals surface area contributed by atoms with Gasteiger partial charge in [0, 0.05) is 18.1 Å². The molecule has 0 bridgehead atoms. The van der Waals surface area contributed by atoms with Crippen molar-refractivity contribution in [3.63, 3.8) is 0 Å². The maximum absolute atomic E-state index is 13.3. The molecule has 0 aliphatic carbocycles. The molecule has 14 heavy (non-hydrogen) atoms. The highest BCUT2D eigenvalue weighted by atomic mass is 19.1. The van der Waals surface area contributed by atoms with E-state index in [1.807, 2.05) is 6.07 Å². The summed E-state index contributed by atoms with van der Waals surface area (Å²) in [6.07, 6.45) is 3.28. The van der Waals surface area contributed by atoms with Crippen LogP contribution < -0.4 is 5.73 Å². The van der Waals surface area contributed by atoms with E-state index in [9.17, 15) is 4.39 Å². The second-order valence-corrected chi connectivity index (χ2v) is 2.97. The number of halogens is 1. The molecular formula is C10H10FN3. The van der Waals surface area contributed by atoms with Crippen LogP contribution in [0.25, 0.3) is 0 Å². The van der Waals surface area contributed by atoms with Crippen LogP contribution in [-0.4, -0.2) is 9.97 Å². The molecule has 2 aromatic rings. The third-order valence-electron chi connectivity index (χ3n) is 2.04. The Morgan fingerprint density at radius 1 is 1.36 bits per heavy atom. The van der Waals surface area contributed by atoms with Crippen molar-refractivity contribution in [3.8, 4) is 0 Å². The van der Waals surface area contributed by atoms with Crippen LogP contribution in [0.3, 0.4) is 0 Å². The van der Waals surface area contributed by atoms with Gasteiger partial charge in [-0.2, -0.15) is 0 Å². The van der Waals surface area contributed by atoms with Gasteiger partial charge in [-0.3, -0.25) is 4.98 Å². The molecular weight excluding hydrogens is 181 g/mol. The van der Waals surface area contributed by atoms with E-state index in [4.69, 9.17) is 5.73 Å². The quantitative estimate of drug-likeness (QED) is 0.757. The average Bonchev–Trinajstić information content (AvgIpc) is 2.70. The van der Waals surface area contributed by atoms with Gasteiger partial charge in [-0.1, -0.05) is 0 Å². The third kappa shape index (κ3) is 1.52. The fraction of sp³-hybridized carbons (Fsp3) is 0.100. The number of nitrogens with two attached hydrogens (primary N) is 1. The first kappa shape index (κ1) is 8.90. The molecule has 2 rings (SSSR count). The standard InChI is InChI=1S/C10H10FN3/c11-7-3-1-6-14-10(7)9(12)8-4-2-5-13-8/h1-6,9,13H,12H2. The zero-order chi connectivity index (χ0) is 9.97. The maximum atomic E-state index is 13.3. The van der Waals surface area contributed by atoms with Crippen LogP contribution in [0.1, 0.15) is 17.4 Å². The van der Waals surface area contributed by atoms with E-state index in [0.717, 1.165) is 5.69 Å². The lowest BCUT2D eigenvalue weighted by atomic mass is 10.1. The molecule has 0 saturated carbocycles. The number of nitrogens with zero attached hydrogens (tertiary/aromatic N) is 1. The summed E-state index contributed by atoms with van der Waals surface area (Å²) >= 11 is 0. The molecule has 0 aliphatic heterocycles. The van der Waals surface area contributed by atoms with Crippen molar-refractivity contribution < 1.29 is 4.39 Å². The lowest BCUT2D eigenvalue weighted by Crippen LogP contribution is -2.15. The summed E-state index contributed by atoms with van der Waals surface area (Å²) in [5.74, 6) is -0.380. The van der Waals surface area contributed by atoms with Crippen molar-refractivity contribution in [3.05, 3.63) is 53.9 Å². The fourth-order valence-corrected chi connectivity index (χ4v) is 1.31. The molecule has 2 aromatic heterocycles. The number of hydrogen-bond donors (Lipinski definition) is 2. The maximum Gasteiger partial charge on any atom is 0.146 e. The van der Waals surface area contributed by atoms with Gasteiger partial charge in [0.15, 0.2) is 0 Å². The van der Waals surface area contributed by atoms with Crippen LogP contribution in [-0.2, 0) is 0 Å². The number of aromatic nitrogens is 2. The predicted molar refractivity (Wildman–Crippen MR) is 51.0 cm³/mol. The van der Waals surface area contributed by atoms with Crippen molar-refractivity contribution in [1.82, 2.24) is 9.97 Å². The molecule has 3 N–H and O–H groups in total. The molecule has 0 radical (unpaired) electrons. The van der Waals surface area contributed by atoms with Crippen molar-refractivity contribution >= 4 is 0 Å². The summed E-state index contributed by atoms with van der Waals surface area (Å²) in [5.41, 5.74) is 6.84. The fourth-order valence-electron chi connectivity index (χ4n) is 1.31. The van der Waals surface area contributed by atoms with E-state index in [-0.39, 0.29) is 11.5 Å². The Morgan fingerprint density at radius 2 is 2.21 bits per heavy atom. The molecule has 0 aliphatic rings. The monoisotopic (exact) mass is 191 g/mol. The summed E-state index contributed by atoms with van der Waals surface area (Å²) in [6, 6.07) is 5.98. The molecule has 0 amide bonds. The van der Waals surface area contributed by atoms with Crippen LogP contribution in [0.15, 0.2) is 36.7 Å². The number of rotatable bonds is 2. The molecule has 1 unspecified atom stereocenters. The lowest BCUT2D eigenvalue weighted by Gasteiger charge is -2.09. The summed E-state index contributed by atoms with van der Waals surface area (Å²) in [6.45, 7) is 0. The number of H-pyrrole nitrogens is 1. The number of pyridine rings is 1. The van der Waals surface area contributed by atoms with Gasteiger partial charge in [-0.25, -0.2) is 4.39 Å². The lowest BCUT2D eigenvalue weighted by molar-refractivity contribution is 0.584. The van der Waals surface area contributed by atoms with Gasteiger partial charge in [0.25, 0.3) is 0 Å². The van der Waals surface area contributed by atoms with E-state index >= 15 is 0 Å². The normalized spacial score (nSPS) is 12.7. The van der Waals surface area contributed by atoms with Gasteiger partial charge in [0.1, 0.15) is 5.82 Å².